The van der Waals surface area contributed by atoms with Gasteiger partial charge in [0.1, 0.15) is 24.8 Å². The van der Waals surface area contributed by atoms with Crippen molar-refractivity contribution in [1.82, 2.24) is 9.97 Å². The minimum absolute atomic E-state index is 0.209. The molecule has 0 saturated carbocycles. The topological polar surface area (TPSA) is 79.3 Å². The third kappa shape index (κ3) is 5.62. The van der Waals surface area contributed by atoms with E-state index in [4.69, 9.17) is 9.84 Å². The third-order valence-corrected chi connectivity index (χ3v) is 2.33. The first kappa shape index (κ1) is 16.5. The van der Waals surface area contributed by atoms with Crippen molar-refractivity contribution in [1.29, 1.82) is 0 Å². The molecule has 3 N–H and O–H groups in total. The van der Waals surface area contributed by atoms with Crippen LogP contribution in [0.15, 0.2) is 6.07 Å². The molecule has 0 aliphatic rings. The number of halogens is 2. The van der Waals surface area contributed by atoms with E-state index in [2.05, 4.69) is 20.6 Å². The van der Waals surface area contributed by atoms with Crippen LogP contribution < -0.4 is 10.6 Å². The van der Waals surface area contributed by atoms with Crippen LogP contribution in [-0.2, 0) is 11.3 Å². The second-order valence-electron chi connectivity index (χ2n) is 4.09. The van der Waals surface area contributed by atoms with E-state index in [0.717, 1.165) is 0 Å². The molecular weight excluding hydrogens is 270 g/mol. The molecule has 6 nitrogen and oxygen atoms in total. The number of hydrogen-bond donors (Lipinski definition) is 3. The molecule has 1 aromatic heterocycles. The molecule has 0 fully saturated rings. The van der Waals surface area contributed by atoms with Crippen LogP contribution in [-0.4, -0.2) is 47.3 Å². The Morgan fingerprint density at radius 3 is 2.45 bits per heavy atom. The molecule has 0 saturated heterocycles. The van der Waals surface area contributed by atoms with Gasteiger partial charge in [-0.3, -0.25) is 0 Å². The van der Waals surface area contributed by atoms with E-state index in [1.54, 1.807) is 0 Å². The van der Waals surface area contributed by atoms with Crippen molar-refractivity contribution in [2.24, 2.45) is 0 Å². The van der Waals surface area contributed by atoms with Gasteiger partial charge in [-0.2, -0.15) is 0 Å². The Labute approximate surface area is 116 Å². The van der Waals surface area contributed by atoms with E-state index in [-0.39, 0.29) is 12.4 Å². The van der Waals surface area contributed by atoms with E-state index in [1.807, 2.05) is 13.8 Å². The van der Waals surface area contributed by atoms with Gasteiger partial charge in [0.25, 0.3) is 5.92 Å². The fraction of sp³-hybridized carbons (Fsp3) is 0.667. The maximum Gasteiger partial charge on any atom is 0.287 e. The number of rotatable bonds is 9. The zero-order valence-electron chi connectivity index (χ0n) is 11.6. The van der Waals surface area contributed by atoms with Gasteiger partial charge in [0, 0.05) is 19.2 Å². The molecule has 1 rings (SSSR count). The van der Waals surface area contributed by atoms with E-state index < -0.39 is 19.1 Å². The van der Waals surface area contributed by atoms with Crippen LogP contribution in [0, 0.1) is 0 Å². The average Bonchev–Trinajstić information content (AvgIpc) is 2.43. The average molecular weight is 290 g/mol. The normalized spacial score (nSPS) is 11.4. The summed E-state index contributed by atoms with van der Waals surface area (Å²) in [5, 5.41) is 14.0. The molecular formula is C12H20F2N4O2. The number of aromatic nitrogens is 2. The Bertz CT molecular complexity index is 418. The lowest BCUT2D eigenvalue weighted by Crippen LogP contribution is -2.31. The fourth-order valence-electron chi connectivity index (χ4n) is 1.39. The van der Waals surface area contributed by atoms with Crippen LogP contribution >= 0.6 is 0 Å². The van der Waals surface area contributed by atoms with Gasteiger partial charge in [0.05, 0.1) is 6.54 Å². The number of aliphatic hydroxyl groups excluding tert-OH is 1. The molecule has 0 amide bonds. The maximum absolute atomic E-state index is 13.0. The monoisotopic (exact) mass is 290 g/mol. The number of aliphatic hydroxyl groups is 1. The highest BCUT2D eigenvalue weighted by Gasteiger charge is 2.27. The van der Waals surface area contributed by atoms with E-state index in [9.17, 15) is 8.78 Å². The second-order valence-corrected chi connectivity index (χ2v) is 4.09. The Kier molecular flexibility index (Phi) is 6.53. The number of hydrogen-bond acceptors (Lipinski definition) is 6. The van der Waals surface area contributed by atoms with Crippen molar-refractivity contribution < 1.29 is 18.6 Å². The van der Waals surface area contributed by atoms with Gasteiger partial charge in [-0.15, -0.1) is 0 Å². The second kappa shape index (κ2) is 7.91. The molecule has 0 bridgehead atoms. The molecule has 20 heavy (non-hydrogen) atoms. The highest BCUT2D eigenvalue weighted by atomic mass is 19.3. The molecule has 0 aliphatic carbocycles. The molecule has 0 radical (unpaired) electrons. The maximum atomic E-state index is 13.0. The lowest BCUT2D eigenvalue weighted by atomic mass is 10.3. The largest absolute Gasteiger partial charge is 0.390 e. The third-order valence-electron chi connectivity index (χ3n) is 2.33. The Hall–Kier alpha value is -1.54. The first-order valence-corrected chi connectivity index (χ1v) is 6.43. The van der Waals surface area contributed by atoms with Crippen molar-refractivity contribution >= 4 is 11.6 Å². The molecule has 0 spiro atoms. The molecule has 0 aliphatic heterocycles. The van der Waals surface area contributed by atoms with Crippen molar-refractivity contribution in [3.63, 3.8) is 0 Å². The predicted molar refractivity (Wildman–Crippen MR) is 72.0 cm³/mol. The zero-order chi connectivity index (χ0) is 15.0. The summed E-state index contributed by atoms with van der Waals surface area (Å²) in [6.07, 6.45) is 0. The van der Waals surface area contributed by atoms with Crippen molar-refractivity contribution in [2.45, 2.75) is 26.4 Å². The smallest absolute Gasteiger partial charge is 0.287 e. The molecule has 0 atom stereocenters. The number of nitrogens with zero attached hydrogens (tertiary/aromatic N) is 2. The fourth-order valence-corrected chi connectivity index (χ4v) is 1.39. The van der Waals surface area contributed by atoms with Crippen molar-refractivity contribution in [3.8, 4) is 0 Å². The van der Waals surface area contributed by atoms with Crippen LogP contribution in [0.1, 0.15) is 19.7 Å². The molecule has 1 aromatic rings. The van der Waals surface area contributed by atoms with Crippen LogP contribution in [0.2, 0.25) is 0 Å². The Balaban J connectivity index is 2.79. The van der Waals surface area contributed by atoms with Crippen molar-refractivity contribution in [3.05, 3.63) is 11.9 Å². The number of alkyl halides is 2. The predicted octanol–water partition coefficient (Wildman–Crippen LogP) is 1.48. The van der Waals surface area contributed by atoms with Gasteiger partial charge in [-0.05, 0) is 13.8 Å². The Morgan fingerprint density at radius 1 is 1.25 bits per heavy atom. The van der Waals surface area contributed by atoms with Crippen LogP contribution in [0.3, 0.4) is 0 Å². The lowest BCUT2D eigenvalue weighted by molar-refractivity contribution is -0.0373. The van der Waals surface area contributed by atoms with Crippen LogP contribution in [0.25, 0.3) is 0 Å². The highest BCUT2D eigenvalue weighted by Crippen LogP contribution is 2.16. The molecule has 114 valence electrons. The number of nitrogens with one attached hydrogen (secondary N) is 2. The summed E-state index contributed by atoms with van der Waals surface area (Å²) in [5.41, 5.74) is 0. The van der Waals surface area contributed by atoms with Gasteiger partial charge >= 0.3 is 0 Å². The van der Waals surface area contributed by atoms with Gasteiger partial charge in [0.15, 0.2) is 5.82 Å². The first-order chi connectivity index (χ1) is 9.50. The summed E-state index contributed by atoms with van der Waals surface area (Å²) in [4.78, 5) is 8.29. The summed E-state index contributed by atoms with van der Waals surface area (Å²) in [7, 11) is 0. The SMILES string of the molecule is CCNc1cc(NCC(F)(F)CO)nc(COCC)n1. The minimum Gasteiger partial charge on any atom is -0.390 e. The summed E-state index contributed by atoms with van der Waals surface area (Å²) in [6.45, 7) is 3.21. The van der Waals surface area contributed by atoms with Crippen LogP contribution in [0.5, 0.6) is 0 Å². The molecule has 8 heteroatoms. The Morgan fingerprint density at radius 2 is 1.90 bits per heavy atom. The van der Waals surface area contributed by atoms with Gasteiger partial charge in [-0.1, -0.05) is 0 Å². The van der Waals surface area contributed by atoms with E-state index in [1.165, 1.54) is 6.07 Å². The number of anilines is 2. The summed E-state index contributed by atoms with van der Waals surface area (Å²) in [6, 6.07) is 1.53. The van der Waals surface area contributed by atoms with E-state index >= 15 is 0 Å². The van der Waals surface area contributed by atoms with Gasteiger partial charge < -0.3 is 20.5 Å². The number of ether oxygens (including phenoxy) is 1. The minimum atomic E-state index is -3.19. The molecule has 0 aromatic carbocycles. The summed E-state index contributed by atoms with van der Waals surface area (Å²) in [5.74, 6) is -1.99. The molecule has 1 heterocycles. The van der Waals surface area contributed by atoms with Crippen LogP contribution in [0.4, 0.5) is 20.4 Å². The first-order valence-electron chi connectivity index (χ1n) is 6.43. The van der Waals surface area contributed by atoms with Gasteiger partial charge in [0.2, 0.25) is 0 Å². The zero-order valence-corrected chi connectivity index (χ0v) is 11.6. The van der Waals surface area contributed by atoms with Gasteiger partial charge in [-0.25, -0.2) is 18.7 Å². The highest BCUT2D eigenvalue weighted by molar-refractivity contribution is 5.47. The lowest BCUT2D eigenvalue weighted by Gasteiger charge is -2.15. The summed E-state index contributed by atoms with van der Waals surface area (Å²) < 4.78 is 31.2. The van der Waals surface area contributed by atoms with E-state index in [0.29, 0.717) is 24.8 Å². The molecule has 0 unspecified atom stereocenters. The summed E-state index contributed by atoms with van der Waals surface area (Å²) >= 11 is 0. The van der Waals surface area contributed by atoms with Crippen molar-refractivity contribution in [2.75, 3.05) is 36.9 Å². The quantitative estimate of drug-likeness (QED) is 0.639. The standard InChI is InChI=1S/C12H20F2N4O2/c1-3-15-9-5-10(16-7-12(13,14)8-19)18-11(17-9)6-20-4-2/h5,19H,3-4,6-8H2,1-2H3,(H2,15,16,17,18).